The van der Waals surface area contributed by atoms with Crippen molar-refractivity contribution in [1.29, 1.82) is 0 Å². The third-order valence-corrected chi connectivity index (χ3v) is 3.28. The number of H-pyrrole nitrogens is 1. The molecule has 2 aromatic carbocycles. The van der Waals surface area contributed by atoms with Crippen LogP contribution < -0.4 is 0 Å². The van der Waals surface area contributed by atoms with Gasteiger partial charge < -0.3 is 4.98 Å². The van der Waals surface area contributed by atoms with Gasteiger partial charge in [-0.2, -0.15) is 0 Å². The standard InChI is InChI=1S/C16H11ClN2O/c17-12-7-5-11(6-8-12)15(20)13-3-1-2-4-14(13)16-18-9-10-19-16/h1-10H,(H,18,19). The minimum Gasteiger partial charge on any atom is -0.345 e. The zero-order valence-electron chi connectivity index (χ0n) is 10.5. The predicted molar refractivity (Wildman–Crippen MR) is 78.9 cm³/mol. The van der Waals surface area contributed by atoms with E-state index in [4.69, 9.17) is 11.6 Å². The first kappa shape index (κ1) is 12.6. The number of hydrogen-bond acceptors (Lipinski definition) is 2. The topological polar surface area (TPSA) is 45.8 Å². The molecule has 0 radical (unpaired) electrons. The monoisotopic (exact) mass is 282 g/mol. The van der Waals surface area contributed by atoms with Crippen LogP contribution in [0.4, 0.5) is 0 Å². The van der Waals surface area contributed by atoms with Gasteiger partial charge >= 0.3 is 0 Å². The van der Waals surface area contributed by atoms with Crippen LogP contribution in [0.5, 0.6) is 0 Å². The third kappa shape index (κ3) is 2.36. The van der Waals surface area contributed by atoms with Gasteiger partial charge in [0.05, 0.1) is 0 Å². The van der Waals surface area contributed by atoms with Gasteiger partial charge in [-0.1, -0.05) is 35.9 Å². The second-order valence-corrected chi connectivity index (χ2v) is 4.76. The lowest BCUT2D eigenvalue weighted by Crippen LogP contribution is -2.03. The molecule has 0 aliphatic carbocycles. The van der Waals surface area contributed by atoms with E-state index in [0.717, 1.165) is 5.56 Å². The Morgan fingerprint density at radius 3 is 2.50 bits per heavy atom. The van der Waals surface area contributed by atoms with Crippen molar-refractivity contribution in [2.75, 3.05) is 0 Å². The molecule has 0 aliphatic rings. The number of halogens is 1. The third-order valence-electron chi connectivity index (χ3n) is 3.03. The molecule has 0 atom stereocenters. The molecule has 1 aromatic heterocycles. The van der Waals surface area contributed by atoms with Crippen molar-refractivity contribution in [1.82, 2.24) is 9.97 Å². The fraction of sp³-hybridized carbons (Fsp3) is 0. The molecule has 3 rings (SSSR count). The van der Waals surface area contributed by atoms with Crippen LogP contribution in [-0.2, 0) is 0 Å². The van der Waals surface area contributed by atoms with Gasteiger partial charge in [-0.25, -0.2) is 4.98 Å². The highest BCUT2D eigenvalue weighted by Gasteiger charge is 2.15. The summed E-state index contributed by atoms with van der Waals surface area (Å²) in [6.07, 6.45) is 3.40. The van der Waals surface area contributed by atoms with E-state index in [-0.39, 0.29) is 5.78 Å². The first-order chi connectivity index (χ1) is 9.75. The Bertz CT molecular complexity index is 733. The molecule has 4 heteroatoms. The van der Waals surface area contributed by atoms with Crippen LogP contribution in [-0.4, -0.2) is 15.8 Å². The number of aromatic amines is 1. The Morgan fingerprint density at radius 1 is 1.05 bits per heavy atom. The Balaban J connectivity index is 2.06. The van der Waals surface area contributed by atoms with Gasteiger partial charge in [0.2, 0.25) is 0 Å². The number of imidazole rings is 1. The normalized spacial score (nSPS) is 10.4. The lowest BCUT2D eigenvalue weighted by molar-refractivity contribution is 0.103. The van der Waals surface area contributed by atoms with E-state index in [9.17, 15) is 4.79 Å². The Labute approximate surface area is 121 Å². The molecule has 0 aliphatic heterocycles. The number of nitrogens with zero attached hydrogens (tertiary/aromatic N) is 1. The summed E-state index contributed by atoms with van der Waals surface area (Å²) in [5.41, 5.74) is 2.01. The molecule has 3 nitrogen and oxygen atoms in total. The summed E-state index contributed by atoms with van der Waals surface area (Å²) in [4.78, 5) is 19.8. The molecule has 0 unspecified atom stereocenters. The number of aromatic nitrogens is 2. The number of hydrogen-bond donors (Lipinski definition) is 1. The Kier molecular flexibility index (Phi) is 3.35. The van der Waals surface area contributed by atoms with Gasteiger partial charge in [0.25, 0.3) is 0 Å². The summed E-state index contributed by atoms with van der Waals surface area (Å²) in [6.45, 7) is 0. The lowest BCUT2D eigenvalue weighted by atomic mass is 9.98. The smallest absolute Gasteiger partial charge is 0.193 e. The van der Waals surface area contributed by atoms with E-state index in [2.05, 4.69) is 9.97 Å². The average Bonchev–Trinajstić information content (AvgIpc) is 3.01. The van der Waals surface area contributed by atoms with Crippen LogP contribution >= 0.6 is 11.6 Å². The van der Waals surface area contributed by atoms with Crippen LogP contribution in [0.25, 0.3) is 11.4 Å². The number of nitrogens with one attached hydrogen (secondary N) is 1. The van der Waals surface area contributed by atoms with Crippen molar-refractivity contribution in [3.63, 3.8) is 0 Å². The summed E-state index contributed by atoms with van der Waals surface area (Å²) in [5, 5.41) is 0.612. The fourth-order valence-corrected chi connectivity index (χ4v) is 2.18. The van der Waals surface area contributed by atoms with E-state index in [1.54, 1.807) is 42.7 Å². The predicted octanol–water partition coefficient (Wildman–Crippen LogP) is 3.96. The van der Waals surface area contributed by atoms with Gasteiger partial charge in [-0.3, -0.25) is 4.79 Å². The molecule has 1 heterocycles. The van der Waals surface area contributed by atoms with Crippen LogP contribution in [0.2, 0.25) is 5.02 Å². The summed E-state index contributed by atoms with van der Waals surface area (Å²) in [5.74, 6) is 0.636. The van der Waals surface area contributed by atoms with Crippen molar-refractivity contribution in [3.8, 4) is 11.4 Å². The molecular weight excluding hydrogens is 272 g/mol. The van der Waals surface area contributed by atoms with Crippen molar-refractivity contribution in [2.24, 2.45) is 0 Å². The van der Waals surface area contributed by atoms with Gasteiger partial charge in [0, 0.05) is 34.1 Å². The molecule has 0 fully saturated rings. The van der Waals surface area contributed by atoms with Crippen molar-refractivity contribution in [2.45, 2.75) is 0 Å². The van der Waals surface area contributed by atoms with E-state index in [0.29, 0.717) is 22.0 Å². The maximum absolute atomic E-state index is 12.6. The van der Waals surface area contributed by atoms with E-state index in [1.807, 2.05) is 18.2 Å². The first-order valence-corrected chi connectivity index (χ1v) is 6.52. The molecular formula is C16H11ClN2O. The zero-order valence-corrected chi connectivity index (χ0v) is 11.3. The molecule has 0 spiro atoms. The zero-order chi connectivity index (χ0) is 13.9. The summed E-state index contributed by atoms with van der Waals surface area (Å²) < 4.78 is 0. The molecule has 0 saturated carbocycles. The number of carbonyl (C=O) groups is 1. The fourth-order valence-electron chi connectivity index (χ4n) is 2.06. The second kappa shape index (κ2) is 5.31. The largest absolute Gasteiger partial charge is 0.345 e. The lowest BCUT2D eigenvalue weighted by Gasteiger charge is -2.06. The second-order valence-electron chi connectivity index (χ2n) is 4.32. The summed E-state index contributed by atoms with van der Waals surface area (Å²) >= 11 is 5.85. The maximum Gasteiger partial charge on any atom is 0.193 e. The quantitative estimate of drug-likeness (QED) is 0.739. The maximum atomic E-state index is 12.6. The molecule has 0 bridgehead atoms. The van der Waals surface area contributed by atoms with Crippen LogP contribution in [0.3, 0.4) is 0 Å². The van der Waals surface area contributed by atoms with E-state index < -0.39 is 0 Å². The highest BCUT2D eigenvalue weighted by Crippen LogP contribution is 2.23. The van der Waals surface area contributed by atoms with Crippen molar-refractivity contribution < 1.29 is 4.79 Å². The number of ketones is 1. The van der Waals surface area contributed by atoms with E-state index in [1.165, 1.54) is 0 Å². The summed E-state index contributed by atoms with van der Waals surface area (Å²) in [7, 11) is 0. The minimum absolute atomic E-state index is 0.0475. The minimum atomic E-state index is -0.0475. The van der Waals surface area contributed by atoms with Gasteiger partial charge in [-0.05, 0) is 24.3 Å². The van der Waals surface area contributed by atoms with E-state index >= 15 is 0 Å². The highest BCUT2D eigenvalue weighted by atomic mass is 35.5. The number of rotatable bonds is 3. The summed E-state index contributed by atoms with van der Waals surface area (Å²) in [6, 6.07) is 14.3. The molecule has 20 heavy (non-hydrogen) atoms. The first-order valence-electron chi connectivity index (χ1n) is 6.15. The van der Waals surface area contributed by atoms with Crippen molar-refractivity contribution in [3.05, 3.63) is 77.1 Å². The number of benzene rings is 2. The highest BCUT2D eigenvalue weighted by molar-refractivity contribution is 6.30. The number of carbonyl (C=O) groups excluding carboxylic acids is 1. The molecule has 1 N–H and O–H groups in total. The van der Waals surface area contributed by atoms with Crippen molar-refractivity contribution >= 4 is 17.4 Å². The molecule has 0 saturated heterocycles. The van der Waals surface area contributed by atoms with Gasteiger partial charge in [0.1, 0.15) is 5.82 Å². The Morgan fingerprint density at radius 2 is 1.80 bits per heavy atom. The van der Waals surface area contributed by atoms with Gasteiger partial charge in [-0.15, -0.1) is 0 Å². The average molecular weight is 283 g/mol. The molecule has 0 amide bonds. The SMILES string of the molecule is O=C(c1ccc(Cl)cc1)c1ccccc1-c1ncc[nH]1. The van der Waals surface area contributed by atoms with Crippen LogP contribution in [0, 0.1) is 0 Å². The molecule has 3 aromatic rings. The van der Waals surface area contributed by atoms with Gasteiger partial charge in [0.15, 0.2) is 5.78 Å². The molecule has 98 valence electrons. The van der Waals surface area contributed by atoms with Crippen LogP contribution in [0.15, 0.2) is 60.9 Å². The van der Waals surface area contributed by atoms with Crippen LogP contribution in [0.1, 0.15) is 15.9 Å². The Hall–Kier alpha value is -2.39.